The molecule has 4 N–H and O–H groups in total. The Bertz CT molecular complexity index is 817. The van der Waals surface area contributed by atoms with Crippen molar-refractivity contribution < 1.29 is 22.1 Å². The van der Waals surface area contributed by atoms with E-state index in [4.69, 9.17) is 11.5 Å². The number of anilines is 2. The molecule has 3 aromatic carbocycles. The van der Waals surface area contributed by atoms with E-state index < -0.39 is 40.6 Å². The van der Waals surface area contributed by atoms with Crippen LogP contribution in [-0.4, -0.2) is 0 Å². The van der Waals surface area contributed by atoms with Crippen LogP contribution in [0.25, 0.3) is 0 Å². The van der Waals surface area contributed by atoms with Gasteiger partial charge in [-0.3, -0.25) is 4.57 Å². The lowest BCUT2D eigenvalue weighted by molar-refractivity contribution is 0.454. The first-order valence-corrected chi connectivity index (χ1v) is 9.14. The lowest BCUT2D eigenvalue weighted by Crippen LogP contribution is -2.14. The highest BCUT2D eigenvalue weighted by molar-refractivity contribution is 14.1. The van der Waals surface area contributed by atoms with Crippen molar-refractivity contribution in [1.29, 1.82) is 0 Å². The fourth-order valence-corrected chi connectivity index (χ4v) is 2.41. The maximum Gasteiger partial charge on any atom is 0.198 e. The molecule has 0 unspecified atom stereocenters. The summed E-state index contributed by atoms with van der Waals surface area (Å²) in [5, 5.41) is -1.13. The maximum atomic E-state index is 12.7. The summed E-state index contributed by atoms with van der Waals surface area (Å²) in [7, 11) is -1.10. The lowest BCUT2D eigenvalue weighted by atomic mass is 10.3. The summed E-state index contributed by atoms with van der Waals surface area (Å²) in [6, 6.07) is 19.0. The number of benzene rings is 3. The Balaban J connectivity index is 0.000000220. The van der Waals surface area contributed by atoms with Crippen molar-refractivity contribution in [2.24, 2.45) is 0 Å². The summed E-state index contributed by atoms with van der Waals surface area (Å²) in [4.78, 5) is 0. The van der Waals surface area contributed by atoms with Gasteiger partial charge in [-0.05, 0) is 46.9 Å². The number of hydrogen-bond acceptors (Lipinski definition) is 3. The monoisotopic (exact) mass is 508 g/mol. The van der Waals surface area contributed by atoms with Gasteiger partial charge in [-0.15, -0.1) is 0 Å². The molecule has 3 rings (SSSR count). The van der Waals surface area contributed by atoms with Gasteiger partial charge in [0, 0.05) is 11.4 Å². The van der Waals surface area contributed by atoms with E-state index in [1.165, 1.54) is 0 Å². The number of halogens is 5. The molecule has 9 heteroatoms. The molecule has 0 spiro atoms. The zero-order valence-corrected chi connectivity index (χ0v) is 16.7. The quantitative estimate of drug-likeness (QED) is 0.117. The minimum Gasteiger partial charge on any atom is -0.399 e. The predicted octanol–water partition coefficient (Wildman–Crippen LogP) is 5.30. The van der Waals surface area contributed by atoms with E-state index >= 15 is 0 Å². The first-order chi connectivity index (χ1) is 12.8. The molecule has 0 saturated heterocycles. The minimum atomic E-state index is -1.63. The molecule has 0 aromatic heterocycles. The molecule has 0 aliphatic heterocycles. The molecule has 0 radical (unpaired) electrons. The highest BCUT2D eigenvalue weighted by Gasteiger charge is 2.23. The second-order valence-electron chi connectivity index (χ2n) is 4.83. The fourth-order valence-electron chi connectivity index (χ4n) is 1.58. The van der Waals surface area contributed by atoms with Crippen LogP contribution in [0.5, 0.6) is 0 Å². The van der Waals surface area contributed by atoms with Crippen molar-refractivity contribution >= 4 is 47.7 Å². The molecule has 0 amide bonds. The Labute approximate surface area is 168 Å². The lowest BCUT2D eigenvalue weighted by Gasteiger charge is -2.02. The largest absolute Gasteiger partial charge is 0.399 e. The van der Waals surface area contributed by atoms with E-state index in [0.29, 0.717) is 0 Å². The zero-order chi connectivity index (χ0) is 20.4. The van der Waals surface area contributed by atoms with E-state index in [1.54, 1.807) is 0 Å². The summed E-state index contributed by atoms with van der Waals surface area (Å²) in [6.07, 6.45) is 0. The van der Waals surface area contributed by atoms with Gasteiger partial charge < -0.3 is 11.5 Å². The van der Waals surface area contributed by atoms with Gasteiger partial charge in [-0.1, -0.05) is 36.4 Å². The van der Waals surface area contributed by atoms with Crippen LogP contribution in [0.1, 0.15) is 0 Å². The molecular weight excluding hydrogens is 494 g/mol. The summed E-state index contributed by atoms with van der Waals surface area (Å²) in [5.74, 6) is -6.31. The topological polar surface area (TPSA) is 69.1 Å². The fraction of sp³-hybridized carbons (Fsp3) is 0. The second kappa shape index (κ2) is 11.5. The summed E-state index contributed by atoms with van der Waals surface area (Å²) in [5.41, 5.74) is 12.4. The number of hydrogen-bond donors (Lipinski definition) is 2. The van der Waals surface area contributed by atoms with Gasteiger partial charge in [0.15, 0.2) is 31.7 Å². The summed E-state index contributed by atoms with van der Waals surface area (Å²) in [6.45, 7) is 0. The van der Waals surface area contributed by atoms with Crippen molar-refractivity contribution in [3.8, 4) is 0 Å². The van der Waals surface area contributed by atoms with Crippen molar-refractivity contribution in [2.75, 3.05) is 11.5 Å². The van der Waals surface area contributed by atoms with Gasteiger partial charge in [0.05, 0.1) is 3.57 Å². The molecule has 0 aliphatic rings. The highest BCUT2D eigenvalue weighted by atomic mass is 127. The average Bonchev–Trinajstić information content (AvgIpc) is 2.68. The smallest absolute Gasteiger partial charge is 0.198 e. The van der Waals surface area contributed by atoms with Crippen LogP contribution >= 0.6 is 31.1 Å². The first-order valence-electron chi connectivity index (χ1n) is 7.25. The van der Waals surface area contributed by atoms with Gasteiger partial charge in [-0.2, -0.15) is 0 Å². The number of para-hydroxylation sites is 2. The van der Waals surface area contributed by atoms with E-state index in [-0.39, 0.29) is 0 Å². The highest BCUT2D eigenvalue weighted by Crippen LogP contribution is 2.21. The van der Waals surface area contributed by atoms with Gasteiger partial charge in [0.25, 0.3) is 0 Å². The average molecular weight is 508 g/mol. The zero-order valence-electron chi connectivity index (χ0n) is 13.7. The molecule has 3 aromatic rings. The normalized spacial score (nSPS) is 9.67. The molecule has 142 valence electrons. The van der Waals surface area contributed by atoms with Crippen LogP contribution in [0.15, 0.2) is 60.7 Å². The number of rotatable bonds is 1. The van der Waals surface area contributed by atoms with Crippen molar-refractivity contribution in [3.63, 3.8) is 0 Å². The minimum absolute atomic E-state index is 0.792. The number of nitrogens with two attached hydrogens (primary N) is 2. The molecule has 0 fully saturated rings. The third-order valence-electron chi connectivity index (χ3n) is 2.88. The summed E-state index contributed by atoms with van der Waals surface area (Å²) < 4.78 is 60.1. The van der Waals surface area contributed by atoms with Gasteiger partial charge in [0.1, 0.15) is 5.30 Å². The van der Waals surface area contributed by atoms with Crippen molar-refractivity contribution in [3.05, 3.63) is 87.5 Å². The first kappa shape index (κ1) is 22.9. The van der Waals surface area contributed by atoms with Crippen LogP contribution in [0.3, 0.4) is 0 Å². The van der Waals surface area contributed by atoms with Crippen molar-refractivity contribution in [1.82, 2.24) is 0 Å². The van der Waals surface area contributed by atoms with Crippen LogP contribution < -0.4 is 16.8 Å². The Morgan fingerprint density at radius 3 is 1.22 bits per heavy atom. The third kappa shape index (κ3) is 7.15. The van der Waals surface area contributed by atoms with Crippen LogP contribution in [-0.2, 0) is 4.57 Å². The number of nitrogen functional groups attached to an aromatic ring is 2. The SMILES string of the molecule is Nc1ccccc1.Nc1ccccc1.O=Pc1c(F)c(F)c(I)c(F)c1F. The predicted molar refractivity (Wildman–Crippen MR) is 108 cm³/mol. The third-order valence-corrected chi connectivity index (χ3v) is 4.40. The standard InChI is InChI=1S/C6F4IOP.2C6H7N/c7-1-3(9)6(13-12)4(10)2(8)5(1)11;2*7-6-4-2-1-3-5-6/h;2*1-5H,7H2. The second-order valence-corrected chi connectivity index (χ2v) is 6.54. The molecule has 0 aliphatic carbocycles. The molecule has 3 nitrogen and oxygen atoms in total. The van der Waals surface area contributed by atoms with E-state index in [2.05, 4.69) is 0 Å². The van der Waals surface area contributed by atoms with E-state index in [9.17, 15) is 22.1 Å². The van der Waals surface area contributed by atoms with Crippen LogP contribution in [0, 0.1) is 26.8 Å². The van der Waals surface area contributed by atoms with E-state index in [0.717, 1.165) is 34.0 Å². The molecular formula is C18H14F4IN2OP. The van der Waals surface area contributed by atoms with Crippen LogP contribution in [0.4, 0.5) is 28.9 Å². The molecule has 0 bridgehead atoms. The van der Waals surface area contributed by atoms with Gasteiger partial charge in [0.2, 0.25) is 0 Å². The van der Waals surface area contributed by atoms with Crippen LogP contribution in [0.2, 0.25) is 0 Å². The van der Waals surface area contributed by atoms with Crippen molar-refractivity contribution in [2.45, 2.75) is 0 Å². The molecule has 0 atom stereocenters. The summed E-state index contributed by atoms with van der Waals surface area (Å²) >= 11 is 1.12. The molecule has 0 saturated carbocycles. The van der Waals surface area contributed by atoms with E-state index in [1.807, 2.05) is 60.7 Å². The Morgan fingerprint density at radius 1 is 0.667 bits per heavy atom. The Morgan fingerprint density at radius 2 is 1.00 bits per heavy atom. The Hall–Kier alpha value is -2.19. The maximum absolute atomic E-state index is 12.7. The Kier molecular flexibility index (Phi) is 9.74. The molecule has 27 heavy (non-hydrogen) atoms. The molecule has 0 heterocycles. The van der Waals surface area contributed by atoms with Gasteiger partial charge >= 0.3 is 0 Å². The van der Waals surface area contributed by atoms with Gasteiger partial charge in [-0.25, -0.2) is 17.6 Å².